The summed E-state index contributed by atoms with van der Waals surface area (Å²) in [6.07, 6.45) is -0.0186. The van der Waals surface area contributed by atoms with Crippen molar-refractivity contribution in [3.63, 3.8) is 0 Å². The van der Waals surface area contributed by atoms with Crippen LogP contribution in [0.3, 0.4) is 0 Å². The lowest BCUT2D eigenvalue weighted by atomic mass is 10.2. The summed E-state index contributed by atoms with van der Waals surface area (Å²) in [5.74, 6) is 0. The van der Waals surface area contributed by atoms with Crippen LogP contribution in [0.4, 0.5) is 5.69 Å². The summed E-state index contributed by atoms with van der Waals surface area (Å²) in [6, 6.07) is 6.85. The average Bonchev–Trinajstić information content (AvgIpc) is 2.38. The van der Waals surface area contributed by atoms with Gasteiger partial charge in [0.1, 0.15) is 4.90 Å². The number of nitrogens with one attached hydrogen (secondary N) is 2. The van der Waals surface area contributed by atoms with E-state index in [9.17, 15) is 8.42 Å². The summed E-state index contributed by atoms with van der Waals surface area (Å²) in [5, 5.41) is 3.18. The zero-order chi connectivity index (χ0) is 14.5. The Bertz CT molecular complexity index is 502. The molecule has 5 nitrogen and oxygen atoms in total. The molecule has 0 aromatic heterocycles. The van der Waals surface area contributed by atoms with E-state index in [4.69, 9.17) is 4.74 Å². The Hall–Kier alpha value is -1.11. The van der Waals surface area contributed by atoms with Gasteiger partial charge in [-0.15, -0.1) is 0 Å². The lowest BCUT2D eigenvalue weighted by molar-refractivity contribution is 0.106. The Kier molecular flexibility index (Phi) is 5.78. The Morgan fingerprint density at radius 2 is 1.89 bits per heavy atom. The third-order valence-electron chi connectivity index (χ3n) is 2.97. The zero-order valence-corrected chi connectivity index (χ0v) is 12.6. The average molecular weight is 286 g/mol. The van der Waals surface area contributed by atoms with E-state index in [1.165, 1.54) is 0 Å². The van der Waals surface area contributed by atoms with Crippen LogP contribution in [0, 0.1) is 0 Å². The van der Waals surface area contributed by atoms with Gasteiger partial charge in [0.25, 0.3) is 0 Å². The van der Waals surface area contributed by atoms with E-state index in [1.807, 2.05) is 13.8 Å². The predicted octanol–water partition coefficient (Wildman–Crippen LogP) is 1.82. The summed E-state index contributed by atoms with van der Waals surface area (Å²) in [5.41, 5.74) is 0.583. The SMILES string of the molecule is CCNS(=O)(=O)c1ccccc1NC(C)C(C)OC. The van der Waals surface area contributed by atoms with Gasteiger partial charge in [-0.1, -0.05) is 19.1 Å². The van der Waals surface area contributed by atoms with Crippen molar-refractivity contribution in [2.24, 2.45) is 0 Å². The molecule has 1 aromatic carbocycles. The van der Waals surface area contributed by atoms with Gasteiger partial charge in [0.05, 0.1) is 11.8 Å². The van der Waals surface area contributed by atoms with Gasteiger partial charge in [-0.2, -0.15) is 0 Å². The molecule has 0 amide bonds. The first-order chi connectivity index (χ1) is 8.92. The van der Waals surface area contributed by atoms with Crippen LogP contribution in [0.5, 0.6) is 0 Å². The number of hydrogen-bond acceptors (Lipinski definition) is 4. The van der Waals surface area contributed by atoms with Crippen molar-refractivity contribution in [1.29, 1.82) is 0 Å². The van der Waals surface area contributed by atoms with Gasteiger partial charge < -0.3 is 10.1 Å². The molecule has 0 aliphatic rings. The molecule has 0 saturated heterocycles. The maximum Gasteiger partial charge on any atom is 0.242 e. The number of anilines is 1. The molecule has 2 N–H and O–H groups in total. The van der Waals surface area contributed by atoms with Gasteiger partial charge in [-0.3, -0.25) is 0 Å². The van der Waals surface area contributed by atoms with Gasteiger partial charge >= 0.3 is 0 Å². The summed E-state index contributed by atoms with van der Waals surface area (Å²) >= 11 is 0. The highest BCUT2D eigenvalue weighted by Crippen LogP contribution is 2.22. The standard InChI is InChI=1S/C13H22N2O3S/c1-5-14-19(16,17)13-9-7-6-8-12(13)15-10(2)11(3)18-4/h6-11,14-15H,5H2,1-4H3. The fourth-order valence-electron chi connectivity index (χ4n) is 1.65. The van der Waals surface area contributed by atoms with E-state index in [1.54, 1.807) is 38.3 Å². The van der Waals surface area contributed by atoms with Crippen molar-refractivity contribution < 1.29 is 13.2 Å². The van der Waals surface area contributed by atoms with E-state index in [0.717, 1.165) is 0 Å². The fraction of sp³-hybridized carbons (Fsp3) is 0.538. The van der Waals surface area contributed by atoms with Crippen molar-refractivity contribution in [3.8, 4) is 0 Å². The lowest BCUT2D eigenvalue weighted by Crippen LogP contribution is -2.31. The van der Waals surface area contributed by atoms with Crippen LogP contribution in [-0.2, 0) is 14.8 Å². The Balaban J connectivity index is 3.03. The number of sulfonamides is 1. The van der Waals surface area contributed by atoms with E-state index in [-0.39, 0.29) is 17.0 Å². The molecule has 0 bridgehead atoms. The second-order valence-electron chi connectivity index (χ2n) is 4.37. The highest BCUT2D eigenvalue weighted by molar-refractivity contribution is 7.89. The molecular formula is C13H22N2O3S. The largest absolute Gasteiger partial charge is 0.380 e. The van der Waals surface area contributed by atoms with Crippen LogP contribution in [-0.4, -0.2) is 34.2 Å². The minimum absolute atomic E-state index is 0.00276. The number of rotatable bonds is 7. The van der Waals surface area contributed by atoms with Crippen molar-refractivity contribution in [3.05, 3.63) is 24.3 Å². The van der Waals surface area contributed by atoms with Crippen molar-refractivity contribution in [2.75, 3.05) is 19.0 Å². The van der Waals surface area contributed by atoms with Crippen LogP contribution in [0.1, 0.15) is 20.8 Å². The normalized spacial score (nSPS) is 14.9. The smallest absolute Gasteiger partial charge is 0.242 e. The molecule has 0 aliphatic heterocycles. The number of ether oxygens (including phenoxy) is 1. The highest BCUT2D eigenvalue weighted by Gasteiger charge is 2.19. The molecule has 1 aromatic rings. The first-order valence-corrected chi connectivity index (χ1v) is 7.78. The van der Waals surface area contributed by atoms with Gasteiger partial charge in [-0.25, -0.2) is 13.1 Å². The third kappa shape index (κ3) is 4.19. The second kappa shape index (κ2) is 6.88. The molecule has 2 atom stereocenters. The molecular weight excluding hydrogens is 264 g/mol. The number of para-hydroxylation sites is 1. The van der Waals surface area contributed by atoms with Crippen molar-refractivity contribution in [1.82, 2.24) is 4.72 Å². The van der Waals surface area contributed by atoms with Crippen molar-refractivity contribution >= 4 is 15.7 Å². The highest BCUT2D eigenvalue weighted by atomic mass is 32.2. The van der Waals surface area contributed by atoms with E-state index in [0.29, 0.717) is 12.2 Å². The monoisotopic (exact) mass is 286 g/mol. The molecule has 1 rings (SSSR count). The molecule has 108 valence electrons. The molecule has 0 saturated carbocycles. The van der Waals surface area contributed by atoms with Gasteiger partial charge in [0.15, 0.2) is 0 Å². The maximum atomic E-state index is 12.1. The van der Waals surface area contributed by atoms with Crippen LogP contribution in [0.25, 0.3) is 0 Å². The maximum absolute atomic E-state index is 12.1. The number of methoxy groups -OCH3 is 1. The zero-order valence-electron chi connectivity index (χ0n) is 11.8. The van der Waals surface area contributed by atoms with Crippen LogP contribution in [0.2, 0.25) is 0 Å². The summed E-state index contributed by atoms with van der Waals surface area (Å²) in [4.78, 5) is 0.256. The van der Waals surface area contributed by atoms with Crippen LogP contribution >= 0.6 is 0 Å². The summed E-state index contributed by atoms with van der Waals surface area (Å²) < 4.78 is 31.9. The quantitative estimate of drug-likeness (QED) is 0.802. The fourth-order valence-corrected chi connectivity index (χ4v) is 2.86. The summed E-state index contributed by atoms with van der Waals surface area (Å²) in [7, 11) is -1.84. The third-order valence-corrected chi connectivity index (χ3v) is 4.57. The predicted molar refractivity (Wildman–Crippen MR) is 76.9 cm³/mol. The van der Waals surface area contributed by atoms with E-state index < -0.39 is 10.0 Å². The first-order valence-electron chi connectivity index (χ1n) is 6.30. The minimum atomic E-state index is -3.47. The lowest BCUT2D eigenvalue weighted by Gasteiger charge is -2.22. The number of benzene rings is 1. The second-order valence-corrected chi connectivity index (χ2v) is 6.11. The molecule has 0 radical (unpaired) electrons. The van der Waals surface area contributed by atoms with Crippen LogP contribution in [0.15, 0.2) is 29.2 Å². The molecule has 0 aliphatic carbocycles. The number of hydrogen-bond donors (Lipinski definition) is 2. The molecule has 0 spiro atoms. The van der Waals surface area contributed by atoms with Crippen LogP contribution < -0.4 is 10.0 Å². The van der Waals surface area contributed by atoms with E-state index in [2.05, 4.69) is 10.0 Å². The van der Waals surface area contributed by atoms with Crippen molar-refractivity contribution in [2.45, 2.75) is 37.8 Å². The molecule has 19 heavy (non-hydrogen) atoms. The van der Waals surface area contributed by atoms with Gasteiger partial charge in [-0.05, 0) is 26.0 Å². The van der Waals surface area contributed by atoms with Gasteiger partial charge in [0, 0.05) is 19.7 Å². The first kappa shape index (κ1) is 15.9. The topological polar surface area (TPSA) is 67.4 Å². The minimum Gasteiger partial charge on any atom is -0.380 e. The Labute approximate surface area is 115 Å². The van der Waals surface area contributed by atoms with Gasteiger partial charge in [0.2, 0.25) is 10.0 Å². The summed E-state index contributed by atoms with van der Waals surface area (Å²) in [6.45, 7) is 5.99. The molecule has 0 fully saturated rings. The Morgan fingerprint density at radius 1 is 1.26 bits per heavy atom. The Morgan fingerprint density at radius 3 is 2.47 bits per heavy atom. The molecule has 0 heterocycles. The van der Waals surface area contributed by atoms with E-state index >= 15 is 0 Å². The molecule has 6 heteroatoms. The molecule has 2 unspecified atom stereocenters.